The number of hydrogen-bond donors (Lipinski definition) is 1. The van der Waals surface area contributed by atoms with Crippen LogP contribution in [0.5, 0.6) is 0 Å². The molecule has 1 rings (SSSR count). The van der Waals surface area contributed by atoms with Gasteiger partial charge in [-0.25, -0.2) is 9.59 Å². The van der Waals surface area contributed by atoms with Crippen LogP contribution in [0.2, 0.25) is 0 Å². The highest BCUT2D eigenvalue weighted by molar-refractivity contribution is 6.04. The molecule has 100 valence electrons. The molecule has 0 aromatic heterocycles. The first-order chi connectivity index (χ1) is 8.24. The predicted molar refractivity (Wildman–Crippen MR) is 65.6 cm³/mol. The summed E-state index contributed by atoms with van der Waals surface area (Å²) >= 11 is 0. The highest BCUT2D eigenvalue weighted by atomic mass is 16.6. The molecule has 5 heteroatoms. The summed E-state index contributed by atoms with van der Waals surface area (Å²) < 4.78 is 5.23. The minimum atomic E-state index is -1.66. The van der Waals surface area contributed by atoms with E-state index in [1.54, 1.807) is 27.7 Å². The molecule has 0 unspecified atom stereocenters. The van der Waals surface area contributed by atoms with Gasteiger partial charge < -0.3 is 14.7 Å². The number of nitrogens with zero attached hydrogens (tertiary/aromatic N) is 1. The molecule has 0 saturated carbocycles. The molecule has 1 N–H and O–H groups in total. The molecule has 18 heavy (non-hydrogen) atoms. The number of esters is 1. The maximum Gasteiger partial charge on any atom is 0.344 e. The van der Waals surface area contributed by atoms with E-state index in [0.717, 1.165) is 0 Å². The molecule has 0 radical (unpaired) electrons. The summed E-state index contributed by atoms with van der Waals surface area (Å²) in [5.41, 5.74) is -2.37. The Balaban J connectivity index is 3.10. The quantitative estimate of drug-likeness (QED) is 0.455. The van der Waals surface area contributed by atoms with Crippen molar-refractivity contribution in [3.63, 3.8) is 0 Å². The van der Waals surface area contributed by atoms with Crippen LogP contribution in [0, 0.1) is 12.0 Å². The summed E-state index contributed by atoms with van der Waals surface area (Å²) in [6, 6.07) is 2.69. The molecule has 0 aromatic carbocycles. The minimum absolute atomic E-state index is 0.228. The van der Waals surface area contributed by atoms with Gasteiger partial charge in [0.1, 0.15) is 5.60 Å². The van der Waals surface area contributed by atoms with Crippen molar-refractivity contribution < 1.29 is 19.4 Å². The van der Waals surface area contributed by atoms with Crippen LogP contribution in [-0.4, -0.2) is 39.6 Å². The molecular weight excluding hydrogens is 234 g/mol. The lowest BCUT2D eigenvalue weighted by atomic mass is 9.96. The lowest BCUT2D eigenvalue weighted by Gasteiger charge is -2.32. The average molecular weight is 253 g/mol. The van der Waals surface area contributed by atoms with Crippen LogP contribution in [0.3, 0.4) is 0 Å². The fraction of sp³-hybridized carbons (Fsp3) is 0.692. The number of carboxylic acid groups (broad SMARTS) is 1. The maximum absolute atomic E-state index is 12.2. The monoisotopic (exact) mass is 253 g/mol. The van der Waals surface area contributed by atoms with Gasteiger partial charge in [-0.2, -0.15) is 0 Å². The van der Waals surface area contributed by atoms with E-state index in [1.165, 1.54) is 4.90 Å². The molecule has 1 saturated heterocycles. The number of carbonyl (C=O) groups excluding carboxylic acids is 1. The number of carboxylic acids is 1. The lowest BCUT2D eigenvalue weighted by molar-refractivity contribution is -0.175. The predicted octanol–water partition coefficient (Wildman–Crippen LogP) is 1.23. The standard InChI is InChI=1S/C13H19NO4/c1-5-8-14-9-6-7-13(14,10(15)16)11(17)18-12(2,3)4/h6-7,9H2,1-4H3,(H,15,16)/t13-/m0/s1. The molecule has 0 bridgehead atoms. The van der Waals surface area contributed by atoms with Crippen molar-refractivity contribution in [2.75, 3.05) is 6.54 Å². The highest BCUT2D eigenvalue weighted by Crippen LogP contribution is 2.32. The Hall–Kier alpha value is -1.70. The molecule has 5 nitrogen and oxygen atoms in total. The number of hydrogen-bond acceptors (Lipinski definition) is 4. The van der Waals surface area contributed by atoms with E-state index in [9.17, 15) is 14.7 Å². The molecule has 1 heterocycles. The van der Waals surface area contributed by atoms with Crippen LogP contribution in [0.1, 0.15) is 40.5 Å². The Morgan fingerprint density at radius 2 is 2.00 bits per heavy atom. The summed E-state index contributed by atoms with van der Waals surface area (Å²) in [4.78, 5) is 25.1. The van der Waals surface area contributed by atoms with Gasteiger partial charge in [-0.3, -0.25) is 0 Å². The summed E-state index contributed by atoms with van der Waals surface area (Å²) in [6.45, 7) is 7.22. The zero-order valence-electron chi connectivity index (χ0n) is 11.2. The zero-order chi connectivity index (χ0) is 14.0. The first-order valence-corrected chi connectivity index (χ1v) is 5.91. The van der Waals surface area contributed by atoms with Crippen molar-refractivity contribution in [3.8, 4) is 12.0 Å². The van der Waals surface area contributed by atoms with Crippen LogP contribution >= 0.6 is 0 Å². The van der Waals surface area contributed by atoms with E-state index >= 15 is 0 Å². The molecule has 0 aliphatic carbocycles. The van der Waals surface area contributed by atoms with E-state index in [1.807, 2.05) is 0 Å². The van der Waals surface area contributed by atoms with Crippen molar-refractivity contribution in [1.29, 1.82) is 0 Å². The summed E-state index contributed by atoms with van der Waals surface area (Å²) in [6.07, 6.45) is 0.839. The van der Waals surface area contributed by atoms with Crippen molar-refractivity contribution >= 4 is 11.9 Å². The summed E-state index contributed by atoms with van der Waals surface area (Å²) in [5, 5.41) is 9.42. The number of aliphatic carboxylic acids is 1. The Morgan fingerprint density at radius 3 is 2.44 bits per heavy atom. The highest BCUT2D eigenvalue weighted by Gasteiger charge is 2.56. The second-order valence-corrected chi connectivity index (χ2v) is 5.28. The van der Waals surface area contributed by atoms with Crippen LogP contribution in [0.15, 0.2) is 0 Å². The largest absolute Gasteiger partial charge is 0.479 e. The van der Waals surface area contributed by atoms with Gasteiger partial charge in [0, 0.05) is 12.6 Å². The summed E-state index contributed by atoms with van der Waals surface area (Å²) in [7, 11) is 0. The molecule has 0 spiro atoms. The van der Waals surface area contributed by atoms with E-state index in [4.69, 9.17) is 4.74 Å². The van der Waals surface area contributed by atoms with Crippen molar-refractivity contribution in [3.05, 3.63) is 0 Å². The Bertz CT molecular complexity index is 413. The van der Waals surface area contributed by atoms with Crippen LogP contribution in [-0.2, 0) is 14.3 Å². The average Bonchev–Trinajstić information content (AvgIpc) is 2.60. The second kappa shape index (κ2) is 4.89. The van der Waals surface area contributed by atoms with Crippen LogP contribution < -0.4 is 0 Å². The number of likely N-dealkylation sites (tertiary alicyclic amines) is 1. The van der Waals surface area contributed by atoms with E-state index in [-0.39, 0.29) is 6.42 Å². The van der Waals surface area contributed by atoms with Crippen molar-refractivity contribution in [2.45, 2.75) is 51.7 Å². The topological polar surface area (TPSA) is 66.8 Å². The Labute approximate surface area is 107 Å². The molecule has 1 atom stereocenters. The zero-order valence-corrected chi connectivity index (χ0v) is 11.2. The molecule has 1 fully saturated rings. The molecule has 1 aliphatic heterocycles. The van der Waals surface area contributed by atoms with E-state index in [2.05, 4.69) is 12.0 Å². The van der Waals surface area contributed by atoms with Crippen molar-refractivity contribution in [2.24, 2.45) is 0 Å². The van der Waals surface area contributed by atoms with Gasteiger partial charge in [-0.15, -0.1) is 0 Å². The third-order valence-electron chi connectivity index (χ3n) is 2.72. The number of rotatable bonds is 2. The molecular formula is C13H19NO4. The smallest absolute Gasteiger partial charge is 0.344 e. The van der Waals surface area contributed by atoms with Crippen LogP contribution in [0.25, 0.3) is 0 Å². The van der Waals surface area contributed by atoms with Gasteiger partial charge >= 0.3 is 11.9 Å². The van der Waals surface area contributed by atoms with Gasteiger partial charge in [0.2, 0.25) is 5.54 Å². The van der Waals surface area contributed by atoms with E-state index < -0.39 is 23.1 Å². The summed E-state index contributed by atoms with van der Waals surface area (Å²) in [5.74, 6) is 0.711. The first kappa shape index (κ1) is 14.4. The fourth-order valence-electron chi connectivity index (χ4n) is 1.99. The minimum Gasteiger partial charge on any atom is -0.479 e. The first-order valence-electron chi connectivity index (χ1n) is 5.91. The normalized spacial score (nSPS) is 23.2. The SMILES string of the molecule is CC#CN1CCC[C@]1(C(=O)O)C(=O)OC(C)(C)C. The van der Waals surface area contributed by atoms with Gasteiger partial charge in [0.05, 0.1) is 0 Å². The number of carbonyl (C=O) groups is 2. The Morgan fingerprint density at radius 1 is 1.39 bits per heavy atom. The lowest BCUT2D eigenvalue weighted by Crippen LogP contribution is -2.56. The molecule has 0 amide bonds. The van der Waals surface area contributed by atoms with Crippen molar-refractivity contribution in [1.82, 2.24) is 4.90 Å². The third-order valence-corrected chi connectivity index (χ3v) is 2.72. The fourth-order valence-corrected chi connectivity index (χ4v) is 1.99. The molecule has 0 aromatic rings. The second-order valence-electron chi connectivity index (χ2n) is 5.28. The van der Waals surface area contributed by atoms with Crippen LogP contribution in [0.4, 0.5) is 0 Å². The van der Waals surface area contributed by atoms with Gasteiger partial charge in [0.25, 0.3) is 0 Å². The molecule has 1 aliphatic rings. The van der Waals surface area contributed by atoms with Gasteiger partial charge in [-0.1, -0.05) is 5.92 Å². The van der Waals surface area contributed by atoms with Gasteiger partial charge in [-0.05, 0) is 40.5 Å². The van der Waals surface area contributed by atoms with E-state index in [0.29, 0.717) is 13.0 Å². The van der Waals surface area contributed by atoms with Gasteiger partial charge in [0.15, 0.2) is 0 Å². The maximum atomic E-state index is 12.2. The number of ether oxygens (including phenoxy) is 1. The Kier molecular flexibility index (Phi) is 3.90. The third kappa shape index (κ3) is 2.58.